The van der Waals surface area contributed by atoms with Gasteiger partial charge in [0, 0.05) is 17.8 Å². The SMILES string of the molecule is CC(=O)OC1C[C@]2(C)[C@@]3(C)C[C@H](O)C(C)=C[C@H]3O[C@H]1[C@@]21CO1. The van der Waals surface area contributed by atoms with Gasteiger partial charge in [0.1, 0.15) is 17.8 Å². The maximum atomic E-state index is 11.5. The molecule has 2 bridgehead atoms. The Kier molecular flexibility index (Phi) is 2.76. The van der Waals surface area contributed by atoms with Gasteiger partial charge in [-0.1, -0.05) is 19.9 Å². The van der Waals surface area contributed by atoms with Crippen LogP contribution in [0.3, 0.4) is 0 Å². The second-order valence-corrected chi connectivity index (χ2v) is 7.89. The van der Waals surface area contributed by atoms with Crippen molar-refractivity contribution in [3.8, 4) is 0 Å². The number of aliphatic hydroxyl groups is 1. The maximum Gasteiger partial charge on any atom is 0.302 e. The number of rotatable bonds is 1. The molecule has 122 valence electrons. The quantitative estimate of drug-likeness (QED) is 0.452. The van der Waals surface area contributed by atoms with Crippen LogP contribution >= 0.6 is 0 Å². The Hall–Kier alpha value is -0.910. The van der Waals surface area contributed by atoms with Crippen LogP contribution in [0.15, 0.2) is 11.6 Å². The highest BCUT2D eigenvalue weighted by atomic mass is 16.7. The molecule has 2 heterocycles. The highest BCUT2D eigenvalue weighted by molar-refractivity contribution is 5.66. The molecule has 0 aromatic heterocycles. The molecule has 0 amide bonds. The summed E-state index contributed by atoms with van der Waals surface area (Å²) in [5.41, 5.74) is 0.193. The van der Waals surface area contributed by atoms with Crippen LogP contribution in [-0.4, -0.2) is 47.7 Å². The van der Waals surface area contributed by atoms with Gasteiger partial charge in [-0.25, -0.2) is 0 Å². The lowest BCUT2D eigenvalue weighted by Gasteiger charge is -2.57. The second kappa shape index (κ2) is 4.13. The minimum Gasteiger partial charge on any atom is -0.460 e. The van der Waals surface area contributed by atoms with Gasteiger partial charge < -0.3 is 19.3 Å². The van der Waals surface area contributed by atoms with Crippen molar-refractivity contribution in [2.24, 2.45) is 10.8 Å². The molecule has 1 N–H and O–H groups in total. The molecule has 2 aliphatic carbocycles. The van der Waals surface area contributed by atoms with Gasteiger partial charge >= 0.3 is 5.97 Å². The average molecular weight is 308 g/mol. The fraction of sp³-hybridized carbons (Fsp3) is 0.824. The van der Waals surface area contributed by atoms with Crippen molar-refractivity contribution >= 4 is 5.97 Å². The van der Waals surface area contributed by atoms with Crippen molar-refractivity contribution in [3.63, 3.8) is 0 Å². The van der Waals surface area contributed by atoms with E-state index in [1.54, 1.807) is 0 Å². The number of carbonyl (C=O) groups is 1. The highest BCUT2D eigenvalue weighted by Crippen LogP contribution is 2.71. The first-order valence-corrected chi connectivity index (χ1v) is 8.06. The van der Waals surface area contributed by atoms with Gasteiger partial charge in [-0.2, -0.15) is 0 Å². The van der Waals surface area contributed by atoms with Crippen LogP contribution in [0.1, 0.15) is 40.5 Å². The Balaban J connectivity index is 1.78. The van der Waals surface area contributed by atoms with Gasteiger partial charge in [0.05, 0.1) is 18.8 Å². The van der Waals surface area contributed by atoms with Crippen molar-refractivity contribution in [2.45, 2.75) is 70.6 Å². The fourth-order valence-corrected chi connectivity index (χ4v) is 5.19. The third-order valence-corrected chi connectivity index (χ3v) is 6.85. The minimum absolute atomic E-state index is 0.0683. The summed E-state index contributed by atoms with van der Waals surface area (Å²) in [6.07, 6.45) is 2.44. The topological polar surface area (TPSA) is 68.3 Å². The molecule has 5 nitrogen and oxygen atoms in total. The van der Waals surface area contributed by atoms with Crippen molar-refractivity contribution < 1.29 is 24.1 Å². The predicted molar refractivity (Wildman–Crippen MR) is 78.1 cm³/mol. The molecule has 2 saturated heterocycles. The summed E-state index contributed by atoms with van der Waals surface area (Å²) in [5, 5.41) is 10.4. The Morgan fingerprint density at radius 2 is 2.09 bits per heavy atom. The van der Waals surface area contributed by atoms with Gasteiger partial charge in [0.25, 0.3) is 0 Å². The predicted octanol–water partition coefficient (Wildman–Crippen LogP) is 1.58. The first-order chi connectivity index (χ1) is 10.2. The van der Waals surface area contributed by atoms with Crippen LogP contribution in [0.25, 0.3) is 0 Å². The monoisotopic (exact) mass is 308 g/mol. The van der Waals surface area contributed by atoms with Gasteiger partial charge in [0.15, 0.2) is 0 Å². The van der Waals surface area contributed by atoms with E-state index in [0.717, 1.165) is 12.0 Å². The van der Waals surface area contributed by atoms with Gasteiger partial charge in [-0.3, -0.25) is 4.79 Å². The number of carbonyl (C=O) groups excluding carboxylic acids is 1. The lowest BCUT2D eigenvalue weighted by atomic mass is 9.52. The van der Waals surface area contributed by atoms with Crippen LogP contribution < -0.4 is 0 Å². The van der Waals surface area contributed by atoms with E-state index < -0.39 is 6.10 Å². The zero-order valence-corrected chi connectivity index (χ0v) is 13.6. The number of ether oxygens (including phenoxy) is 3. The standard InChI is InChI=1S/C17H24O5/c1-9-5-13-15(3,6-11(9)19)16(4)7-12(21-10(2)18)14(22-13)17(16)8-20-17/h5,11-14,19H,6-8H2,1-4H3/t11-,12?,13+,14+,15-,16+,17-/m0/s1. The average Bonchev–Trinajstić information content (AvgIpc) is 3.16. The van der Waals surface area contributed by atoms with E-state index in [-0.39, 0.29) is 40.7 Å². The van der Waals surface area contributed by atoms with Crippen LogP contribution in [0, 0.1) is 10.8 Å². The molecule has 22 heavy (non-hydrogen) atoms. The molecule has 2 aliphatic heterocycles. The van der Waals surface area contributed by atoms with Crippen molar-refractivity contribution in [1.29, 1.82) is 0 Å². The number of hydrogen-bond donors (Lipinski definition) is 1. The maximum absolute atomic E-state index is 11.5. The van der Waals surface area contributed by atoms with Crippen molar-refractivity contribution in [1.82, 2.24) is 0 Å². The highest BCUT2D eigenvalue weighted by Gasteiger charge is 2.80. The number of aliphatic hydroxyl groups excluding tert-OH is 1. The van der Waals surface area contributed by atoms with Gasteiger partial charge in [0.2, 0.25) is 0 Å². The Morgan fingerprint density at radius 1 is 1.41 bits per heavy atom. The molecule has 7 atom stereocenters. The Bertz CT molecular complexity index is 565. The van der Waals surface area contributed by atoms with Crippen LogP contribution in [0.5, 0.6) is 0 Å². The third-order valence-electron chi connectivity index (χ3n) is 6.85. The van der Waals surface area contributed by atoms with Gasteiger partial charge in [-0.05, 0) is 25.3 Å². The summed E-state index contributed by atoms with van der Waals surface area (Å²) >= 11 is 0. The molecule has 0 aromatic carbocycles. The number of hydrogen-bond acceptors (Lipinski definition) is 5. The van der Waals surface area contributed by atoms with Crippen LogP contribution in [0.4, 0.5) is 0 Å². The largest absolute Gasteiger partial charge is 0.460 e. The molecule has 0 radical (unpaired) electrons. The molecular formula is C17H24O5. The van der Waals surface area contributed by atoms with E-state index in [2.05, 4.69) is 13.8 Å². The van der Waals surface area contributed by atoms with E-state index in [9.17, 15) is 9.90 Å². The first kappa shape index (κ1) is 14.7. The van der Waals surface area contributed by atoms with E-state index in [0.29, 0.717) is 13.0 Å². The molecule has 1 unspecified atom stereocenters. The van der Waals surface area contributed by atoms with Crippen molar-refractivity contribution in [2.75, 3.05) is 6.61 Å². The molecule has 0 aromatic rings. The summed E-state index contributed by atoms with van der Waals surface area (Å²) in [6, 6.07) is 0. The van der Waals surface area contributed by atoms with E-state index in [1.165, 1.54) is 6.92 Å². The Labute approximate surface area is 130 Å². The number of epoxide rings is 1. The van der Waals surface area contributed by atoms with E-state index in [1.807, 2.05) is 13.0 Å². The summed E-state index contributed by atoms with van der Waals surface area (Å²) in [7, 11) is 0. The molecule has 1 saturated carbocycles. The minimum atomic E-state index is -0.443. The smallest absolute Gasteiger partial charge is 0.302 e. The lowest BCUT2D eigenvalue weighted by Crippen LogP contribution is -2.62. The lowest BCUT2D eigenvalue weighted by molar-refractivity contribution is -0.207. The van der Waals surface area contributed by atoms with Crippen LogP contribution in [-0.2, 0) is 19.0 Å². The van der Waals surface area contributed by atoms with Crippen LogP contribution in [0.2, 0.25) is 0 Å². The number of esters is 1. The normalized spacial score (nSPS) is 55.6. The third kappa shape index (κ3) is 1.52. The van der Waals surface area contributed by atoms with Gasteiger partial charge in [-0.15, -0.1) is 0 Å². The molecular weight excluding hydrogens is 284 g/mol. The summed E-state index contributed by atoms with van der Waals surface area (Å²) in [5.74, 6) is -0.277. The Morgan fingerprint density at radius 3 is 2.68 bits per heavy atom. The van der Waals surface area contributed by atoms with E-state index >= 15 is 0 Å². The fourth-order valence-electron chi connectivity index (χ4n) is 5.19. The van der Waals surface area contributed by atoms with Crippen molar-refractivity contribution in [3.05, 3.63) is 11.6 Å². The molecule has 4 aliphatic rings. The summed E-state index contributed by atoms with van der Waals surface area (Å²) in [6.45, 7) is 8.42. The molecule has 4 rings (SSSR count). The molecule has 3 fully saturated rings. The van der Waals surface area contributed by atoms with E-state index in [4.69, 9.17) is 14.2 Å². The first-order valence-electron chi connectivity index (χ1n) is 8.06. The summed E-state index contributed by atoms with van der Waals surface area (Å²) < 4.78 is 17.8. The second-order valence-electron chi connectivity index (χ2n) is 7.89. The molecule has 5 heteroatoms. The summed E-state index contributed by atoms with van der Waals surface area (Å²) in [4.78, 5) is 11.5. The zero-order valence-electron chi connectivity index (χ0n) is 13.6. The zero-order chi connectivity index (χ0) is 15.9. The molecule has 1 spiro atoms. The number of fused-ring (bicyclic) bond motifs is 2.